The summed E-state index contributed by atoms with van der Waals surface area (Å²) in [7, 11) is 0. The maximum atomic E-state index is 5.54. The minimum Gasteiger partial charge on any atom is -0.475 e. The van der Waals surface area contributed by atoms with E-state index in [0.29, 0.717) is 19.1 Å². The Hall–Kier alpha value is -1.13. The van der Waals surface area contributed by atoms with E-state index >= 15 is 0 Å². The average molecular weight is 252 g/mol. The van der Waals surface area contributed by atoms with Crippen molar-refractivity contribution >= 4 is 0 Å². The quantitative estimate of drug-likeness (QED) is 0.721. The topological polar surface area (TPSA) is 43.4 Å². The van der Waals surface area contributed by atoms with Crippen LogP contribution in [0.2, 0.25) is 0 Å². The molecule has 0 fully saturated rings. The standard InChI is InChI=1S/C14H24N2O2/c1-5-15-10-13-6-7-14(16-12(13)4)18-9-8-17-11(2)3/h6-7,11,15H,5,8-10H2,1-4H3. The molecule has 0 aromatic carbocycles. The zero-order valence-electron chi connectivity index (χ0n) is 11.8. The molecule has 4 heteroatoms. The van der Waals surface area contributed by atoms with Gasteiger partial charge in [0.15, 0.2) is 0 Å². The lowest BCUT2D eigenvalue weighted by Crippen LogP contribution is -2.14. The van der Waals surface area contributed by atoms with Crippen molar-refractivity contribution in [2.24, 2.45) is 0 Å². The van der Waals surface area contributed by atoms with Gasteiger partial charge in [0.25, 0.3) is 0 Å². The Morgan fingerprint density at radius 1 is 1.28 bits per heavy atom. The van der Waals surface area contributed by atoms with Crippen LogP contribution < -0.4 is 10.1 Å². The second-order valence-electron chi connectivity index (χ2n) is 4.44. The van der Waals surface area contributed by atoms with Crippen LogP contribution in [0.1, 0.15) is 32.0 Å². The van der Waals surface area contributed by atoms with Crippen molar-refractivity contribution in [1.82, 2.24) is 10.3 Å². The molecule has 4 nitrogen and oxygen atoms in total. The van der Waals surface area contributed by atoms with Crippen LogP contribution in [0.5, 0.6) is 5.88 Å². The van der Waals surface area contributed by atoms with E-state index in [1.54, 1.807) is 0 Å². The smallest absolute Gasteiger partial charge is 0.213 e. The van der Waals surface area contributed by atoms with Crippen LogP contribution in [-0.4, -0.2) is 30.8 Å². The van der Waals surface area contributed by atoms with Crippen LogP contribution in [0.15, 0.2) is 12.1 Å². The summed E-state index contributed by atoms with van der Waals surface area (Å²) in [6, 6.07) is 3.97. The molecule has 0 spiro atoms. The number of nitrogens with zero attached hydrogens (tertiary/aromatic N) is 1. The predicted octanol–water partition coefficient (Wildman–Crippen LogP) is 2.30. The summed E-state index contributed by atoms with van der Waals surface area (Å²) in [5, 5.41) is 3.29. The molecule has 1 aromatic heterocycles. The van der Waals surface area contributed by atoms with E-state index in [4.69, 9.17) is 9.47 Å². The van der Waals surface area contributed by atoms with E-state index in [-0.39, 0.29) is 6.10 Å². The van der Waals surface area contributed by atoms with E-state index in [9.17, 15) is 0 Å². The van der Waals surface area contributed by atoms with Gasteiger partial charge in [-0.15, -0.1) is 0 Å². The molecule has 18 heavy (non-hydrogen) atoms. The molecule has 0 aliphatic carbocycles. The fourth-order valence-corrected chi connectivity index (χ4v) is 1.52. The molecular formula is C14H24N2O2. The molecule has 1 aromatic rings. The lowest BCUT2D eigenvalue weighted by molar-refractivity contribution is 0.0542. The summed E-state index contributed by atoms with van der Waals surface area (Å²) in [5.41, 5.74) is 2.22. The van der Waals surface area contributed by atoms with Crippen molar-refractivity contribution in [3.63, 3.8) is 0 Å². The van der Waals surface area contributed by atoms with Crippen LogP contribution >= 0.6 is 0 Å². The summed E-state index contributed by atoms with van der Waals surface area (Å²) in [5.74, 6) is 0.667. The zero-order chi connectivity index (χ0) is 13.4. The van der Waals surface area contributed by atoms with Gasteiger partial charge in [-0.3, -0.25) is 0 Å². The molecule has 0 aliphatic rings. The van der Waals surface area contributed by atoms with Crippen molar-refractivity contribution < 1.29 is 9.47 Å². The number of rotatable bonds is 8. The molecule has 0 saturated heterocycles. The summed E-state index contributed by atoms with van der Waals surface area (Å²) >= 11 is 0. The predicted molar refractivity (Wildman–Crippen MR) is 72.9 cm³/mol. The highest BCUT2D eigenvalue weighted by molar-refractivity contribution is 5.24. The van der Waals surface area contributed by atoms with Gasteiger partial charge < -0.3 is 14.8 Å². The second-order valence-corrected chi connectivity index (χ2v) is 4.44. The number of hydrogen-bond donors (Lipinski definition) is 1. The minimum atomic E-state index is 0.241. The average Bonchev–Trinajstić information content (AvgIpc) is 2.33. The maximum Gasteiger partial charge on any atom is 0.213 e. The first-order valence-electron chi connectivity index (χ1n) is 6.55. The monoisotopic (exact) mass is 252 g/mol. The van der Waals surface area contributed by atoms with Gasteiger partial charge >= 0.3 is 0 Å². The molecule has 1 heterocycles. The molecule has 0 radical (unpaired) electrons. The van der Waals surface area contributed by atoms with Gasteiger partial charge in [0.05, 0.1) is 12.7 Å². The number of ether oxygens (including phenoxy) is 2. The molecule has 0 amide bonds. The highest BCUT2D eigenvalue weighted by Crippen LogP contribution is 2.12. The number of nitrogens with one attached hydrogen (secondary N) is 1. The Balaban J connectivity index is 2.41. The van der Waals surface area contributed by atoms with E-state index in [0.717, 1.165) is 18.8 Å². The highest BCUT2D eigenvalue weighted by atomic mass is 16.5. The zero-order valence-corrected chi connectivity index (χ0v) is 11.8. The molecule has 102 valence electrons. The number of hydrogen-bond acceptors (Lipinski definition) is 4. The van der Waals surface area contributed by atoms with Crippen LogP contribution in [0.3, 0.4) is 0 Å². The SMILES string of the molecule is CCNCc1ccc(OCCOC(C)C)nc1C. The molecule has 0 bridgehead atoms. The first-order chi connectivity index (χ1) is 8.63. The van der Waals surface area contributed by atoms with Gasteiger partial charge in [-0.2, -0.15) is 0 Å². The molecule has 0 aliphatic heterocycles. The van der Waals surface area contributed by atoms with Gasteiger partial charge in [0, 0.05) is 18.3 Å². The fraction of sp³-hybridized carbons (Fsp3) is 0.643. The first kappa shape index (κ1) is 14.9. The van der Waals surface area contributed by atoms with Gasteiger partial charge in [-0.25, -0.2) is 4.98 Å². The normalized spacial score (nSPS) is 10.9. The minimum absolute atomic E-state index is 0.241. The van der Waals surface area contributed by atoms with Crippen LogP contribution in [0.4, 0.5) is 0 Å². The van der Waals surface area contributed by atoms with Gasteiger partial charge in [-0.1, -0.05) is 13.0 Å². The Morgan fingerprint density at radius 3 is 2.67 bits per heavy atom. The molecule has 0 saturated carbocycles. The Bertz CT molecular complexity index is 354. The lowest BCUT2D eigenvalue weighted by atomic mass is 10.2. The largest absolute Gasteiger partial charge is 0.475 e. The maximum absolute atomic E-state index is 5.54. The third-order valence-electron chi connectivity index (χ3n) is 2.52. The third kappa shape index (κ3) is 5.47. The van der Waals surface area contributed by atoms with Crippen molar-refractivity contribution in [1.29, 1.82) is 0 Å². The molecule has 0 unspecified atom stereocenters. The van der Waals surface area contributed by atoms with Gasteiger partial charge in [0.1, 0.15) is 6.61 Å². The summed E-state index contributed by atoms with van der Waals surface area (Å²) in [6.07, 6.45) is 0.241. The summed E-state index contributed by atoms with van der Waals surface area (Å²) in [4.78, 5) is 4.42. The molecule has 0 atom stereocenters. The Kier molecular flexibility index (Phi) is 6.68. The van der Waals surface area contributed by atoms with Crippen molar-refractivity contribution in [2.45, 2.75) is 40.3 Å². The van der Waals surface area contributed by atoms with Crippen molar-refractivity contribution in [2.75, 3.05) is 19.8 Å². The van der Waals surface area contributed by atoms with E-state index in [2.05, 4.69) is 23.3 Å². The highest BCUT2D eigenvalue weighted by Gasteiger charge is 2.02. The summed E-state index contributed by atoms with van der Waals surface area (Å²) in [6.45, 7) is 11.1. The van der Waals surface area contributed by atoms with E-state index < -0.39 is 0 Å². The third-order valence-corrected chi connectivity index (χ3v) is 2.52. The van der Waals surface area contributed by atoms with Crippen LogP contribution in [-0.2, 0) is 11.3 Å². The van der Waals surface area contributed by atoms with Crippen molar-refractivity contribution in [3.8, 4) is 5.88 Å². The van der Waals surface area contributed by atoms with Gasteiger partial charge in [0.2, 0.25) is 5.88 Å². The number of aryl methyl sites for hydroxylation is 1. The molecule has 1 N–H and O–H groups in total. The Morgan fingerprint density at radius 2 is 2.06 bits per heavy atom. The van der Waals surface area contributed by atoms with Crippen molar-refractivity contribution in [3.05, 3.63) is 23.4 Å². The first-order valence-corrected chi connectivity index (χ1v) is 6.55. The van der Waals surface area contributed by atoms with Gasteiger partial charge in [-0.05, 0) is 32.9 Å². The Labute approximate surface area is 110 Å². The van der Waals surface area contributed by atoms with E-state index in [1.165, 1.54) is 5.56 Å². The number of aromatic nitrogens is 1. The van der Waals surface area contributed by atoms with Crippen LogP contribution in [0.25, 0.3) is 0 Å². The van der Waals surface area contributed by atoms with E-state index in [1.807, 2.05) is 26.8 Å². The fourth-order valence-electron chi connectivity index (χ4n) is 1.52. The molecule has 1 rings (SSSR count). The second kappa shape index (κ2) is 8.06. The molecular weight excluding hydrogens is 228 g/mol. The van der Waals surface area contributed by atoms with Crippen LogP contribution in [0, 0.1) is 6.92 Å². The summed E-state index contributed by atoms with van der Waals surface area (Å²) < 4.78 is 10.9. The lowest BCUT2D eigenvalue weighted by Gasteiger charge is -2.10. The number of pyridine rings is 1.